The van der Waals surface area contributed by atoms with Crippen molar-refractivity contribution in [3.63, 3.8) is 0 Å². The Morgan fingerprint density at radius 3 is 2.71 bits per heavy atom. The fourth-order valence-electron chi connectivity index (χ4n) is 4.15. The van der Waals surface area contributed by atoms with Gasteiger partial charge in [0.25, 0.3) is 5.91 Å². The first kappa shape index (κ1) is 25.0. The van der Waals surface area contributed by atoms with E-state index in [4.69, 9.17) is 11.6 Å². The molecule has 0 radical (unpaired) electrons. The summed E-state index contributed by atoms with van der Waals surface area (Å²) in [4.78, 5) is 27.7. The lowest BCUT2D eigenvalue weighted by Crippen LogP contribution is -2.32. The van der Waals surface area contributed by atoms with Gasteiger partial charge < -0.3 is 14.8 Å². The van der Waals surface area contributed by atoms with Crippen LogP contribution in [0.3, 0.4) is 0 Å². The molecule has 1 N–H and O–H groups in total. The van der Waals surface area contributed by atoms with Crippen molar-refractivity contribution in [2.24, 2.45) is 0 Å². The van der Waals surface area contributed by atoms with Gasteiger partial charge in [0.2, 0.25) is 5.91 Å². The van der Waals surface area contributed by atoms with Crippen molar-refractivity contribution in [1.82, 2.24) is 19.7 Å². The van der Waals surface area contributed by atoms with E-state index in [2.05, 4.69) is 22.1 Å². The van der Waals surface area contributed by atoms with Crippen LogP contribution in [-0.4, -0.2) is 43.8 Å². The van der Waals surface area contributed by atoms with Crippen LogP contribution in [0.25, 0.3) is 0 Å². The average molecular weight is 510 g/mol. The number of aromatic nitrogens is 3. The van der Waals surface area contributed by atoms with Crippen LogP contribution < -0.4 is 5.32 Å². The monoisotopic (exact) mass is 509 g/mol. The fourth-order valence-corrected chi connectivity index (χ4v) is 5.08. The molecule has 2 heterocycles. The lowest BCUT2D eigenvalue weighted by Gasteiger charge is -2.24. The predicted octanol–water partition coefficient (Wildman–Crippen LogP) is 5.44. The highest BCUT2D eigenvalue weighted by molar-refractivity contribution is 7.99. The summed E-state index contributed by atoms with van der Waals surface area (Å²) in [5.74, 6) is 0.715. The smallest absolute Gasteiger partial charge is 0.254 e. The SMILES string of the molecule is C=CCn1c(SCC(=O)Nc2cccc(Cl)c2C)nnc1C1CCCN1C(=O)c1ccc(C)cc1. The van der Waals surface area contributed by atoms with Crippen LogP contribution in [0.2, 0.25) is 5.02 Å². The number of nitrogens with one attached hydrogen (secondary N) is 1. The largest absolute Gasteiger partial charge is 0.328 e. The molecule has 2 aromatic carbocycles. The number of amides is 2. The van der Waals surface area contributed by atoms with Crippen LogP contribution in [0.1, 0.15) is 46.2 Å². The summed E-state index contributed by atoms with van der Waals surface area (Å²) in [5.41, 5.74) is 3.29. The summed E-state index contributed by atoms with van der Waals surface area (Å²) in [6.45, 7) is 8.89. The second kappa shape index (κ2) is 11.1. The number of carbonyl (C=O) groups is 2. The van der Waals surface area contributed by atoms with Crippen LogP contribution >= 0.6 is 23.4 Å². The minimum absolute atomic E-state index is 0.00822. The minimum atomic E-state index is -0.173. The molecule has 7 nitrogen and oxygen atoms in total. The molecule has 0 aliphatic carbocycles. The normalized spacial score (nSPS) is 15.3. The van der Waals surface area contributed by atoms with Crippen molar-refractivity contribution >= 4 is 40.9 Å². The van der Waals surface area contributed by atoms with Crippen LogP contribution in [-0.2, 0) is 11.3 Å². The molecule has 182 valence electrons. The Morgan fingerprint density at radius 1 is 1.20 bits per heavy atom. The molecule has 0 bridgehead atoms. The first-order valence-corrected chi connectivity index (χ1v) is 12.8. The maximum Gasteiger partial charge on any atom is 0.254 e. The second-order valence-corrected chi connectivity index (χ2v) is 9.86. The Morgan fingerprint density at radius 2 is 1.97 bits per heavy atom. The van der Waals surface area contributed by atoms with E-state index in [1.165, 1.54) is 11.8 Å². The number of anilines is 1. The van der Waals surface area contributed by atoms with Gasteiger partial charge >= 0.3 is 0 Å². The van der Waals surface area contributed by atoms with E-state index in [9.17, 15) is 9.59 Å². The Balaban J connectivity index is 1.49. The molecule has 9 heteroatoms. The number of nitrogens with zero attached hydrogens (tertiary/aromatic N) is 4. The van der Waals surface area contributed by atoms with Gasteiger partial charge in [0.15, 0.2) is 11.0 Å². The van der Waals surface area contributed by atoms with Gasteiger partial charge in [-0.15, -0.1) is 16.8 Å². The fraction of sp³-hybridized carbons (Fsp3) is 0.308. The van der Waals surface area contributed by atoms with E-state index >= 15 is 0 Å². The molecule has 35 heavy (non-hydrogen) atoms. The molecule has 4 rings (SSSR count). The number of likely N-dealkylation sites (tertiary alicyclic amines) is 1. The molecule has 0 saturated carbocycles. The molecule has 0 spiro atoms. The number of rotatable bonds is 8. The molecular formula is C26H28ClN5O2S. The van der Waals surface area contributed by atoms with Gasteiger partial charge in [-0.2, -0.15) is 0 Å². The molecule has 1 saturated heterocycles. The van der Waals surface area contributed by atoms with Gasteiger partial charge in [-0.3, -0.25) is 9.59 Å². The molecule has 1 atom stereocenters. The first-order chi connectivity index (χ1) is 16.9. The Hall–Kier alpha value is -3.10. The minimum Gasteiger partial charge on any atom is -0.328 e. The average Bonchev–Trinajstić information content (AvgIpc) is 3.48. The molecule has 1 aliphatic rings. The van der Waals surface area contributed by atoms with Gasteiger partial charge in [0.1, 0.15) is 0 Å². The standard InChI is InChI=1S/C26H28ClN5O2S/c1-4-14-32-24(22-9-6-15-31(22)25(34)19-12-10-17(2)11-13-19)29-30-26(32)35-16-23(33)28-21-8-5-7-20(27)18(21)3/h4-5,7-8,10-13,22H,1,6,9,14-16H2,2-3H3,(H,28,33). The number of aryl methyl sites for hydroxylation is 1. The summed E-state index contributed by atoms with van der Waals surface area (Å²) in [7, 11) is 0. The van der Waals surface area contributed by atoms with Crippen LogP contribution in [0.4, 0.5) is 5.69 Å². The molecule has 1 fully saturated rings. The highest BCUT2D eigenvalue weighted by atomic mass is 35.5. The Labute approximate surface area is 214 Å². The number of thioether (sulfide) groups is 1. The number of halogens is 1. The summed E-state index contributed by atoms with van der Waals surface area (Å²) in [6.07, 6.45) is 3.48. The molecule has 3 aromatic rings. The summed E-state index contributed by atoms with van der Waals surface area (Å²) < 4.78 is 1.95. The molecule has 2 amide bonds. The third kappa shape index (κ3) is 5.60. The maximum atomic E-state index is 13.2. The Bertz CT molecular complexity index is 1240. The molecule has 1 aliphatic heterocycles. The molecule has 1 aromatic heterocycles. The zero-order valence-corrected chi connectivity index (χ0v) is 21.4. The topological polar surface area (TPSA) is 80.1 Å². The number of allylic oxidation sites excluding steroid dienone is 1. The van der Waals surface area contributed by atoms with Gasteiger partial charge in [-0.25, -0.2) is 0 Å². The molecular weight excluding hydrogens is 482 g/mol. The molecule has 1 unspecified atom stereocenters. The van der Waals surface area contributed by atoms with Crippen molar-refractivity contribution < 1.29 is 9.59 Å². The zero-order chi connectivity index (χ0) is 24.9. The van der Waals surface area contributed by atoms with Gasteiger partial charge in [-0.1, -0.05) is 53.2 Å². The van der Waals surface area contributed by atoms with E-state index < -0.39 is 0 Å². The van der Waals surface area contributed by atoms with Crippen molar-refractivity contribution in [2.75, 3.05) is 17.6 Å². The number of hydrogen-bond donors (Lipinski definition) is 1. The Kier molecular flexibility index (Phi) is 7.93. The van der Waals surface area contributed by atoms with E-state index in [0.717, 1.165) is 29.8 Å². The van der Waals surface area contributed by atoms with Gasteiger partial charge in [-0.05, 0) is 56.5 Å². The first-order valence-electron chi connectivity index (χ1n) is 11.5. The van der Waals surface area contributed by atoms with Gasteiger partial charge in [0.05, 0.1) is 11.8 Å². The third-order valence-electron chi connectivity index (χ3n) is 6.04. The van der Waals surface area contributed by atoms with E-state index in [1.54, 1.807) is 18.2 Å². The predicted molar refractivity (Wildman–Crippen MR) is 140 cm³/mol. The second-order valence-electron chi connectivity index (χ2n) is 8.51. The maximum absolute atomic E-state index is 13.2. The summed E-state index contributed by atoms with van der Waals surface area (Å²) >= 11 is 7.46. The third-order valence-corrected chi connectivity index (χ3v) is 7.42. The van der Waals surface area contributed by atoms with E-state index in [1.807, 2.05) is 53.6 Å². The van der Waals surface area contributed by atoms with Crippen LogP contribution in [0, 0.1) is 13.8 Å². The zero-order valence-electron chi connectivity index (χ0n) is 19.8. The van der Waals surface area contributed by atoms with E-state index in [-0.39, 0.29) is 23.6 Å². The quantitative estimate of drug-likeness (QED) is 0.323. The van der Waals surface area contributed by atoms with Crippen molar-refractivity contribution in [1.29, 1.82) is 0 Å². The van der Waals surface area contributed by atoms with Crippen molar-refractivity contribution in [3.05, 3.63) is 82.7 Å². The summed E-state index contributed by atoms with van der Waals surface area (Å²) in [6, 6.07) is 12.9. The van der Waals surface area contributed by atoms with Crippen LogP contribution in [0.5, 0.6) is 0 Å². The van der Waals surface area contributed by atoms with Crippen molar-refractivity contribution in [3.8, 4) is 0 Å². The van der Waals surface area contributed by atoms with Crippen molar-refractivity contribution in [2.45, 2.75) is 44.4 Å². The number of carbonyl (C=O) groups excluding carboxylic acids is 2. The number of benzene rings is 2. The lowest BCUT2D eigenvalue weighted by atomic mass is 10.1. The van der Waals surface area contributed by atoms with Gasteiger partial charge in [0, 0.05) is 29.4 Å². The summed E-state index contributed by atoms with van der Waals surface area (Å²) in [5, 5.41) is 12.9. The highest BCUT2D eigenvalue weighted by Gasteiger charge is 2.34. The number of hydrogen-bond acceptors (Lipinski definition) is 5. The highest BCUT2D eigenvalue weighted by Crippen LogP contribution is 2.34. The van der Waals surface area contributed by atoms with E-state index in [0.29, 0.717) is 34.5 Å². The van der Waals surface area contributed by atoms with Crippen LogP contribution in [0.15, 0.2) is 60.3 Å². The lowest BCUT2D eigenvalue weighted by molar-refractivity contribution is -0.113.